The van der Waals surface area contributed by atoms with Gasteiger partial charge in [0.15, 0.2) is 0 Å². The average molecular weight is 597 g/mol. The maximum absolute atomic E-state index is 4.35. The summed E-state index contributed by atoms with van der Waals surface area (Å²) >= 11 is 0. The van der Waals surface area contributed by atoms with Crippen molar-refractivity contribution in [1.82, 2.24) is 9.55 Å². The van der Waals surface area contributed by atoms with Gasteiger partial charge in [0.05, 0.1) is 11.0 Å². The second-order valence-corrected chi connectivity index (χ2v) is 12.4. The number of rotatable bonds is 4. The zero-order valence-corrected chi connectivity index (χ0v) is 25.6. The Hall–Kier alpha value is -6.25. The Bertz CT molecular complexity index is 2730. The number of nitrogens with zero attached hydrogens (tertiary/aromatic N) is 2. The summed E-state index contributed by atoms with van der Waals surface area (Å²) in [5.74, 6) is 0. The molecule has 0 atom stereocenters. The monoisotopic (exact) mass is 596 g/mol. The fourth-order valence-electron chi connectivity index (χ4n) is 7.72. The molecule has 0 N–H and O–H groups in total. The Labute approximate surface area is 272 Å². The summed E-state index contributed by atoms with van der Waals surface area (Å²) in [5.41, 5.74) is 10.8. The van der Waals surface area contributed by atoms with Crippen LogP contribution in [0, 0.1) is 0 Å². The van der Waals surface area contributed by atoms with E-state index in [1.807, 2.05) is 18.5 Å². The third kappa shape index (κ3) is 3.95. The van der Waals surface area contributed by atoms with Gasteiger partial charge in [0.25, 0.3) is 0 Å². The molecule has 218 valence electrons. The standard InChI is InChI=1S/C45H28N2/c1-3-15-42-38(13-1)39-14-2-4-16-43(39)47(42)35-12-6-10-33(27-35)37-22-18-30-19-23-40-36(21-17-29-20-24-41(37)45(30)44(29)40)32-9-5-8-31(26-32)34-11-7-25-46-28-34/h1-28H. The van der Waals surface area contributed by atoms with Crippen molar-refractivity contribution in [1.29, 1.82) is 0 Å². The molecule has 0 spiro atoms. The van der Waals surface area contributed by atoms with Crippen LogP contribution in [0.2, 0.25) is 0 Å². The highest BCUT2D eigenvalue weighted by Crippen LogP contribution is 2.43. The highest BCUT2D eigenvalue weighted by Gasteiger charge is 2.17. The van der Waals surface area contributed by atoms with Crippen molar-refractivity contribution in [3.8, 4) is 39.1 Å². The van der Waals surface area contributed by atoms with Gasteiger partial charge in [0, 0.05) is 34.4 Å². The molecule has 0 fully saturated rings. The van der Waals surface area contributed by atoms with Crippen LogP contribution in [-0.4, -0.2) is 9.55 Å². The fraction of sp³-hybridized carbons (Fsp3) is 0. The number of benzene rings is 8. The quantitative estimate of drug-likeness (QED) is 0.185. The minimum atomic E-state index is 1.12. The second-order valence-electron chi connectivity index (χ2n) is 12.4. The molecule has 2 aromatic heterocycles. The molecule has 47 heavy (non-hydrogen) atoms. The number of hydrogen-bond acceptors (Lipinski definition) is 1. The van der Waals surface area contributed by atoms with Crippen LogP contribution in [0.1, 0.15) is 0 Å². The van der Waals surface area contributed by atoms with E-state index < -0.39 is 0 Å². The van der Waals surface area contributed by atoms with E-state index in [9.17, 15) is 0 Å². The van der Waals surface area contributed by atoms with Crippen molar-refractivity contribution in [2.45, 2.75) is 0 Å². The first-order chi connectivity index (χ1) is 23.3. The van der Waals surface area contributed by atoms with Gasteiger partial charge in [0.1, 0.15) is 0 Å². The van der Waals surface area contributed by atoms with Crippen molar-refractivity contribution >= 4 is 54.1 Å². The average Bonchev–Trinajstić information content (AvgIpc) is 3.48. The van der Waals surface area contributed by atoms with Crippen molar-refractivity contribution in [3.05, 3.63) is 170 Å². The van der Waals surface area contributed by atoms with Crippen LogP contribution in [0.4, 0.5) is 0 Å². The number of para-hydroxylation sites is 2. The molecule has 0 saturated carbocycles. The maximum Gasteiger partial charge on any atom is 0.0541 e. The largest absolute Gasteiger partial charge is 0.309 e. The molecule has 0 bridgehead atoms. The van der Waals surface area contributed by atoms with E-state index in [0.717, 1.165) is 5.56 Å². The number of aromatic nitrogens is 2. The Balaban J connectivity index is 1.17. The molecular weight excluding hydrogens is 569 g/mol. The molecule has 0 radical (unpaired) electrons. The molecule has 10 rings (SSSR count). The summed E-state index contributed by atoms with van der Waals surface area (Å²) in [7, 11) is 0. The van der Waals surface area contributed by atoms with Crippen LogP contribution in [-0.2, 0) is 0 Å². The number of pyridine rings is 1. The lowest BCUT2D eigenvalue weighted by atomic mass is 9.87. The summed E-state index contributed by atoms with van der Waals surface area (Å²) in [4.78, 5) is 4.35. The van der Waals surface area contributed by atoms with Crippen molar-refractivity contribution < 1.29 is 0 Å². The van der Waals surface area contributed by atoms with Crippen LogP contribution >= 0.6 is 0 Å². The van der Waals surface area contributed by atoms with Crippen LogP contribution in [0.3, 0.4) is 0 Å². The normalized spacial score (nSPS) is 11.8. The molecular formula is C45H28N2. The van der Waals surface area contributed by atoms with E-state index >= 15 is 0 Å². The molecule has 2 heterocycles. The first-order valence-electron chi connectivity index (χ1n) is 16.1. The minimum absolute atomic E-state index is 1.12. The lowest BCUT2D eigenvalue weighted by Crippen LogP contribution is -1.94. The summed E-state index contributed by atoms with van der Waals surface area (Å²) in [6.45, 7) is 0. The first kappa shape index (κ1) is 26.0. The van der Waals surface area contributed by atoms with Gasteiger partial charge in [-0.25, -0.2) is 0 Å². The van der Waals surface area contributed by atoms with Gasteiger partial charge in [-0.2, -0.15) is 0 Å². The highest BCUT2D eigenvalue weighted by atomic mass is 15.0. The molecule has 0 amide bonds. The molecule has 10 aromatic rings. The SMILES string of the molecule is c1cncc(-c2cccc(-c3ccc4ccc5c(-c6cccc(-n7c8ccccc8c8ccccc87)c6)ccc6ccc3c4c65)c2)c1. The summed E-state index contributed by atoms with van der Waals surface area (Å²) in [6, 6.07) is 57.7. The molecule has 0 saturated heterocycles. The fourth-order valence-corrected chi connectivity index (χ4v) is 7.72. The van der Waals surface area contributed by atoms with Gasteiger partial charge in [0.2, 0.25) is 0 Å². The predicted octanol–water partition coefficient (Wildman–Crippen LogP) is 12.1. The highest BCUT2D eigenvalue weighted by molar-refractivity contribution is 6.27. The molecule has 0 aliphatic heterocycles. The van der Waals surface area contributed by atoms with E-state index in [1.54, 1.807) is 0 Å². The molecule has 0 aliphatic rings. The maximum atomic E-state index is 4.35. The van der Waals surface area contributed by atoms with Gasteiger partial charge < -0.3 is 4.57 Å². The van der Waals surface area contributed by atoms with Crippen LogP contribution in [0.25, 0.3) is 93.2 Å². The Kier molecular flexibility index (Phi) is 5.61. The Morgan fingerprint density at radius 3 is 1.57 bits per heavy atom. The molecule has 2 nitrogen and oxygen atoms in total. The zero-order valence-electron chi connectivity index (χ0n) is 25.6. The van der Waals surface area contributed by atoms with Crippen molar-refractivity contribution in [3.63, 3.8) is 0 Å². The van der Waals surface area contributed by atoms with E-state index in [1.165, 1.54) is 87.6 Å². The first-order valence-corrected chi connectivity index (χ1v) is 16.1. The molecule has 8 aromatic carbocycles. The minimum Gasteiger partial charge on any atom is -0.309 e. The van der Waals surface area contributed by atoms with Gasteiger partial charge in [-0.05, 0) is 96.5 Å². The van der Waals surface area contributed by atoms with Crippen LogP contribution in [0.15, 0.2) is 170 Å². The predicted molar refractivity (Wildman–Crippen MR) is 199 cm³/mol. The third-order valence-electron chi connectivity index (χ3n) is 9.83. The smallest absolute Gasteiger partial charge is 0.0541 e. The van der Waals surface area contributed by atoms with Crippen LogP contribution < -0.4 is 0 Å². The van der Waals surface area contributed by atoms with E-state index in [0.29, 0.717) is 0 Å². The van der Waals surface area contributed by atoms with Gasteiger partial charge >= 0.3 is 0 Å². The lowest BCUT2D eigenvalue weighted by molar-refractivity contribution is 1.18. The van der Waals surface area contributed by atoms with E-state index in [4.69, 9.17) is 0 Å². The van der Waals surface area contributed by atoms with Crippen molar-refractivity contribution in [2.24, 2.45) is 0 Å². The second kappa shape index (κ2) is 10.1. The van der Waals surface area contributed by atoms with Gasteiger partial charge in [-0.15, -0.1) is 0 Å². The Morgan fingerprint density at radius 2 is 0.936 bits per heavy atom. The molecule has 0 unspecified atom stereocenters. The topological polar surface area (TPSA) is 17.8 Å². The number of hydrogen-bond donors (Lipinski definition) is 0. The third-order valence-corrected chi connectivity index (χ3v) is 9.83. The van der Waals surface area contributed by atoms with Crippen molar-refractivity contribution in [2.75, 3.05) is 0 Å². The summed E-state index contributed by atoms with van der Waals surface area (Å²) < 4.78 is 2.40. The number of fused-ring (bicyclic) bond motifs is 3. The van der Waals surface area contributed by atoms with E-state index in [2.05, 4.69) is 161 Å². The van der Waals surface area contributed by atoms with E-state index in [-0.39, 0.29) is 0 Å². The lowest BCUT2D eigenvalue weighted by Gasteiger charge is -2.17. The zero-order chi connectivity index (χ0) is 30.9. The summed E-state index contributed by atoms with van der Waals surface area (Å²) in [5, 5.41) is 10.3. The Morgan fingerprint density at radius 1 is 0.383 bits per heavy atom. The molecule has 0 aliphatic carbocycles. The molecule has 2 heteroatoms. The van der Waals surface area contributed by atoms with Crippen LogP contribution in [0.5, 0.6) is 0 Å². The summed E-state index contributed by atoms with van der Waals surface area (Å²) in [6.07, 6.45) is 3.75. The van der Waals surface area contributed by atoms with Gasteiger partial charge in [-0.3, -0.25) is 4.98 Å². The van der Waals surface area contributed by atoms with Gasteiger partial charge in [-0.1, -0.05) is 121 Å².